The van der Waals surface area contributed by atoms with Gasteiger partial charge in [-0.15, -0.1) is 0 Å². The molecule has 0 unspecified atom stereocenters. The summed E-state index contributed by atoms with van der Waals surface area (Å²) in [6.45, 7) is 0. The molecule has 0 atom stereocenters. The lowest BCUT2D eigenvalue weighted by Crippen LogP contribution is -1.91. The Morgan fingerprint density at radius 3 is 1.55 bits per heavy atom. The summed E-state index contributed by atoms with van der Waals surface area (Å²) < 4.78 is 49.7. The fourth-order valence-electron chi connectivity index (χ4n) is 7.73. The summed E-state index contributed by atoms with van der Waals surface area (Å²) in [4.78, 5) is 0. The van der Waals surface area contributed by atoms with Crippen LogP contribution in [0.3, 0.4) is 0 Å². The Labute approximate surface area is 303 Å². The van der Waals surface area contributed by atoms with E-state index < -0.39 is 6.04 Å². The molecule has 0 radical (unpaired) electrons. The van der Waals surface area contributed by atoms with Crippen molar-refractivity contribution in [3.8, 4) is 55.6 Å². The second-order valence-electron chi connectivity index (χ2n) is 12.8. The van der Waals surface area contributed by atoms with Crippen molar-refractivity contribution in [2.75, 3.05) is 0 Å². The Bertz CT molecular complexity index is 3100. The third-order valence-corrected chi connectivity index (χ3v) is 9.99. The second-order valence-corrected chi connectivity index (χ2v) is 12.8. The lowest BCUT2D eigenvalue weighted by molar-refractivity contribution is 0.669. The molecule has 1 aromatic heterocycles. The number of rotatable bonds is 5. The molecular weight excluding hydrogens is 617 g/mol. The van der Waals surface area contributed by atoms with E-state index in [1.54, 1.807) is 0 Å². The van der Waals surface area contributed by atoms with Gasteiger partial charge in [0.2, 0.25) is 0 Å². The van der Waals surface area contributed by atoms with Crippen molar-refractivity contribution in [3.05, 3.63) is 194 Å². The largest absolute Gasteiger partial charge is 0.456 e. The average molecular weight is 654 g/mol. The molecule has 1 heterocycles. The highest BCUT2D eigenvalue weighted by Gasteiger charge is 2.20. The van der Waals surface area contributed by atoms with Crippen LogP contribution in [0.4, 0.5) is 0 Å². The molecule has 10 aromatic rings. The quantitative estimate of drug-likeness (QED) is 0.169. The van der Waals surface area contributed by atoms with E-state index in [0.29, 0.717) is 5.56 Å². The Morgan fingerprint density at radius 1 is 0.333 bits per heavy atom. The monoisotopic (exact) mass is 653 g/mol. The maximum atomic E-state index is 8.94. The summed E-state index contributed by atoms with van der Waals surface area (Å²) in [5.41, 5.74) is 11.2. The number of hydrogen-bond acceptors (Lipinski definition) is 1. The van der Waals surface area contributed by atoms with E-state index in [0.717, 1.165) is 76.9 Å². The predicted molar refractivity (Wildman–Crippen MR) is 216 cm³/mol. The first-order valence-electron chi connectivity index (χ1n) is 19.6. The molecule has 0 saturated carbocycles. The minimum atomic E-state index is -0.407. The molecule has 238 valence electrons. The van der Waals surface area contributed by atoms with Gasteiger partial charge in [0.1, 0.15) is 11.2 Å². The van der Waals surface area contributed by atoms with E-state index in [1.165, 1.54) is 11.1 Å². The minimum Gasteiger partial charge on any atom is -0.456 e. The van der Waals surface area contributed by atoms with Gasteiger partial charge in [0, 0.05) is 10.8 Å². The molecule has 0 saturated heterocycles. The zero-order valence-electron chi connectivity index (χ0n) is 32.5. The average Bonchev–Trinajstić information content (AvgIpc) is 3.64. The van der Waals surface area contributed by atoms with Gasteiger partial charge in [-0.3, -0.25) is 0 Å². The fraction of sp³-hybridized carbons (Fsp3) is 0. The van der Waals surface area contributed by atoms with Crippen molar-refractivity contribution >= 4 is 43.5 Å². The lowest BCUT2D eigenvalue weighted by atomic mass is 9.85. The third-order valence-electron chi connectivity index (χ3n) is 9.99. The van der Waals surface area contributed by atoms with Crippen LogP contribution < -0.4 is 0 Å². The number of furan rings is 1. The first-order chi connectivity index (χ1) is 27.4. The molecule has 0 amide bonds. The van der Waals surface area contributed by atoms with E-state index in [1.807, 2.05) is 54.6 Å². The first kappa shape index (κ1) is 24.4. The van der Waals surface area contributed by atoms with Crippen LogP contribution >= 0.6 is 0 Å². The molecule has 1 nitrogen and oxygen atoms in total. The van der Waals surface area contributed by atoms with E-state index >= 15 is 0 Å². The SMILES string of the molecule is [2H]c1c([2H])c([2H])c(-c2c3ccccc3c(-c3cccc4oc5ccc(-c6ccccc6-c6ccc(-c7ccccc7)cc6)cc5c34)c3ccccc23)c([2H])c1[2H]. The van der Waals surface area contributed by atoms with Crippen molar-refractivity contribution in [2.24, 2.45) is 0 Å². The molecule has 10 rings (SSSR count). The van der Waals surface area contributed by atoms with Gasteiger partial charge in [-0.2, -0.15) is 0 Å². The summed E-state index contributed by atoms with van der Waals surface area (Å²) in [6.07, 6.45) is 0. The van der Waals surface area contributed by atoms with Gasteiger partial charge in [-0.1, -0.05) is 176 Å². The smallest absolute Gasteiger partial charge is 0.136 e. The Kier molecular flexibility index (Phi) is 5.76. The zero-order chi connectivity index (χ0) is 38.1. The van der Waals surface area contributed by atoms with Crippen LogP contribution in [0.25, 0.3) is 99.1 Å². The Hall–Kier alpha value is -6.70. The number of hydrogen-bond donors (Lipinski definition) is 0. The molecule has 0 fully saturated rings. The third kappa shape index (κ3) is 4.86. The summed E-state index contributed by atoms with van der Waals surface area (Å²) in [5.74, 6) is 0. The number of benzene rings is 9. The molecule has 1 heteroatoms. The van der Waals surface area contributed by atoms with E-state index in [4.69, 9.17) is 11.3 Å². The molecule has 0 aliphatic rings. The van der Waals surface area contributed by atoms with Gasteiger partial charge >= 0.3 is 0 Å². The zero-order valence-corrected chi connectivity index (χ0v) is 27.5. The van der Waals surface area contributed by atoms with Crippen molar-refractivity contribution < 1.29 is 11.3 Å². The Balaban J connectivity index is 1.20. The van der Waals surface area contributed by atoms with E-state index in [2.05, 4.69) is 109 Å². The van der Waals surface area contributed by atoms with Crippen LogP contribution in [-0.4, -0.2) is 0 Å². The van der Waals surface area contributed by atoms with Gasteiger partial charge in [0.15, 0.2) is 0 Å². The molecule has 0 spiro atoms. The van der Waals surface area contributed by atoms with Gasteiger partial charge in [-0.25, -0.2) is 0 Å². The minimum absolute atomic E-state index is 0.194. The topological polar surface area (TPSA) is 13.1 Å². The molecule has 0 N–H and O–H groups in total. The lowest BCUT2D eigenvalue weighted by Gasteiger charge is -2.18. The van der Waals surface area contributed by atoms with Crippen molar-refractivity contribution in [1.82, 2.24) is 0 Å². The fourth-order valence-corrected chi connectivity index (χ4v) is 7.73. The molecule has 0 bridgehead atoms. The molecule has 51 heavy (non-hydrogen) atoms. The van der Waals surface area contributed by atoms with Crippen molar-refractivity contribution in [2.45, 2.75) is 0 Å². The standard InChI is InChI=1S/C50H32O/c1-3-14-33(15-4-1)34-26-28-35(29-27-34)38-18-7-8-19-39(38)37-30-31-46-45(32-37)50-44(24-13-25-47(50)51-46)49-42-22-11-9-20-40(42)48(36-16-5-2-6-17-36)41-21-10-12-23-43(41)49/h1-32H/i2D,5D,6D,16D,17D. The van der Waals surface area contributed by atoms with E-state index in [9.17, 15) is 0 Å². The highest BCUT2D eigenvalue weighted by atomic mass is 16.3. The molecule has 9 aromatic carbocycles. The predicted octanol–water partition coefficient (Wildman–Crippen LogP) is 14.2. The van der Waals surface area contributed by atoms with Gasteiger partial charge in [0.05, 0.1) is 6.85 Å². The van der Waals surface area contributed by atoms with Crippen LogP contribution in [0.1, 0.15) is 6.85 Å². The van der Waals surface area contributed by atoms with Crippen molar-refractivity contribution in [1.29, 1.82) is 0 Å². The summed E-state index contributed by atoms with van der Waals surface area (Å²) in [6, 6.07) is 54.6. The van der Waals surface area contributed by atoms with Crippen LogP contribution in [0.15, 0.2) is 198 Å². The summed E-state index contributed by atoms with van der Waals surface area (Å²) >= 11 is 0. The van der Waals surface area contributed by atoms with Gasteiger partial charge in [0.25, 0.3) is 0 Å². The van der Waals surface area contributed by atoms with Crippen LogP contribution in [-0.2, 0) is 0 Å². The summed E-state index contributed by atoms with van der Waals surface area (Å²) in [5, 5.41) is 5.41. The Morgan fingerprint density at radius 2 is 0.863 bits per heavy atom. The second kappa shape index (κ2) is 12.0. The maximum Gasteiger partial charge on any atom is 0.136 e. The van der Waals surface area contributed by atoms with Gasteiger partial charge in [-0.05, 0) is 95.4 Å². The molecule has 0 aliphatic heterocycles. The highest BCUT2D eigenvalue weighted by Crippen LogP contribution is 2.47. The number of fused-ring (bicyclic) bond motifs is 5. The first-order valence-corrected chi connectivity index (χ1v) is 17.1. The van der Waals surface area contributed by atoms with Crippen LogP contribution in [0.2, 0.25) is 0 Å². The molecular formula is C50H32O. The van der Waals surface area contributed by atoms with Gasteiger partial charge < -0.3 is 4.42 Å². The van der Waals surface area contributed by atoms with E-state index in [-0.39, 0.29) is 29.7 Å². The highest BCUT2D eigenvalue weighted by molar-refractivity contribution is 6.25. The normalized spacial score (nSPS) is 12.9. The summed E-state index contributed by atoms with van der Waals surface area (Å²) in [7, 11) is 0. The maximum absolute atomic E-state index is 8.94. The molecule has 0 aliphatic carbocycles. The van der Waals surface area contributed by atoms with Crippen LogP contribution in [0.5, 0.6) is 0 Å². The van der Waals surface area contributed by atoms with Crippen LogP contribution in [0, 0.1) is 0 Å². The van der Waals surface area contributed by atoms with Crippen molar-refractivity contribution in [3.63, 3.8) is 0 Å².